The van der Waals surface area contributed by atoms with Crippen LogP contribution in [0, 0.1) is 22.7 Å². The maximum Gasteiger partial charge on any atom is 0.264 e. The van der Waals surface area contributed by atoms with Gasteiger partial charge >= 0.3 is 0 Å². The highest BCUT2D eigenvalue weighted by molar-refractivity contribution is 9.10. The largest absolute Gasteiger partial charge is 0.384 e. The fourth-order valence-electron chi connectivity index (χ4n) is 4.38. The van der Waals surface area contributed by atoms with Gasteiger partial charge in [0.1, 0.15) is 0 Å². The highest BCUT2D eigenvalue weighted by Crippen LogP contribution is 2.34. The fourth-order valence-corrected chi connectivity index (χ4v) is 7.47. The number of hydrogen-bond acceptors (Lipinski definition) is 7. The van der Waals surface area contributed by atoms with Crippen molar-refractivity contribution in [3.8, 4) is 12.1 Å². The van der Waals surface area contributed by atoms with Crippen molar-refractivity contribution in [2.75, 3.05) is 22.7 Å². The topological polar surface area (TPSA) is 131 Å². The van der Waals surface area contributed by atoms with Crippen molar-refractivity contribution < 1.29 is 16.8 Å². The van der Waals surface area contributed by atoms with Gasteiger partial charge in [-0.2, -0.15) is 10.5 Å². The van der Waals surface area contributed by atoms with Gasteiger partial charge in [0.2, 0.25) is 0 Å². The second kappa shape index (κ2) is 13.9. The molecule has 0 saturated carbocycles. The summed E-state index contributed by atoms with van der Waals surface area (Å²) in [4.78, 5) is 0.209. The molecule has 0 aromatic heterocycles. The number of fused-ring (bicyclic) bond motifs is 2. The molecule has 220 valence electrons. The van der Waals surface area contributed by atoms with Crippen LogP contribution in [0.15, 0.2) is 104 Å². The molecule has 4 aromatic carbocycles. The van der Waals surface area contributed by atoms with E-state index in [9.17, 15) is 16.8 Å². The van der Waals surface area contributed by atoms with Gasteiger partial charge < -0.3 is 5.32 Å². The van der Waals surface area contributed by atoms with Crippen LogP contribution in [0.3, 0.4) is 0 Å². The summed E-state index contributed by atoms with van der Waals surface area (Å²) in [6.45, 7) is 1.53. The van der Waals surface area contributed by atoms with Crippen LogP contribution in [-0.2, 0) is 31.9 Å². The van der Waals surface area contributed by atoms with Crippen LogP contribution < -0.4 is 9.62 Å². The van der Waals surface area contributed by atoms with Crippen LogP contribution in [0.5, 0.6) is 0 Å². The molecule has 2 heterocycles. The van der Waals surface area contributed by atoms with E-state index in [1.54, 1.807) is 0 Å². The van der Waals surface area contributed by atoms with Crippen LogP contribution in [0.4, 0.5) is 11.4 Å². The monoisotopic (exact) mass is 760 g/mol. The summed E-state index contributed by atoms with van der Waals surface area (Å²) in [6.07, 6.45) is 1.86. The highest BCUT2D eigenvalue weighted by atomic mass is 79.9. The van der Waals surface area contributed by atoms with Gasteiger partial charge in [-0.15, -0.1) is 0 Å². The molecular formula is C30H23Br2ClN4O4S2. The summed E-state index contributed by atoms with van der Waals surface area (Å²) < 4.78 is 50.4. The van der Waals surface area contributed by atoms with E-state index >= 15 is 0 Å². The Bertz CT molecular complexity index is 1940. The molecule has 0 aliphatic carbocycles. The molecule has 13 heteroatoms. The van der Waals surface area contributed by atoms with Crippen molar-refractivity contribution in [1.29, 1.82) is 10.5 Å². The van der Waals surface area contributed by atoms with Crippen molar-refractivity contribution in [3.63, 3.8) is 0 Å². The van der Waals surface area contributed by atoms with Gasteiger partial charge in [0.05, 0.1) is 38.7 Å². The summed E-state index contributed by atoms with van der Waals surface area (Å²) in [5, 5.41) is 20.5. The second-order valence-electron chi connectivity index (χ2n) is 9.29. The van der Waals surface area contributed by atoms with Gasteiger partial charge in [-0.1, -0.05) is 31.9 Å². The number of nitrogens with one attached hydrogen (secondary N) is 1. The Labute approximate surface area is 272 Å². The summed E-state index contributed by atoms with van der Waals surface area (Å²) in [6, 6.07) is 27.2. The molecule has 43 heavy (non-hydrogen) atoms. The zero-order valence-electron chi connectivity index (χ0n) is 22.3. The van der Waals surface area contributed by atoms with Gasteiger partial charge in [0.15, 0.2) is 0 Å². The maximum atomic E-state index is 12.7. The SMILES string of the molecule is Brc1ccc2c(c1)CCN2.N#Cc1ccc(S(=O)(=O)Cl)cc1.N#Cc1ccc(S(=O)(=O)N2CCc3cc(Br)ccc32)cc1. The molecule has 8 nitrogen and oxygen atoms in total. The first-order valence-electron chi connectivity index (χ1n) is 12.7. The van der Waals surface area contributed by atoms with Gasteiger partial charge in [-0.25, -0.2) is 16.8 Å². The molecule has 0 fully saturated rings. The first-order chi connectivity index (χ1) is 20.4. The Balaban J connectivity index is 0.000000162. The molecule has 2 aliphatic heterocycles. The number of nitrogens with zero attached hydrogens (tertiary/aromatic N) is 3. The Morgan fingerprint density at radius 3 is 1.81 bits per heavy atom. The summed E-state index contributed by atoms with van der Waals surface area (Å²) in [5.41, 5.74) is 5.31. The third-order valence-electron chi connectivity index (χ3n) is 6.51. The Kier molecular flexibility index (Phi) is 10.5. The molecule has 0 bridgehead atoms. The highest BCUT2D eigenvalue weighted by Gasteiger charge is 2.30. The molecule has 0 saturated heterocycles. The number of sulfonamides is 1. The van der Waals surface area contributed by atoms with Crippen LogP contribution >= 0.6 is 42.5 Å². The van der Waals surface area contributed by atoms with Crippen LogP contribution in [0.2, 0.25) is 0 Å². The van der Waals surface area contributed by atoms with E-state index < -0.39 is 19.1 Å². The first-order valence-corrected chi connectivity index (χ1v) is 18.0. The third kappa shape index (κ3) is 8.17. The molecule has 4 aromatic rings. The van der Waals surface area contributed by atoms with Gasteiger partial charge in [-0.05, 0) is 109 Å². The molecule has 0 radical (unpaired) electrons. The number of halogens is 3. The van der Waals surface area contributed by atoms with Crippen LogP contribution in [-0.4, -0.2) is 29.9 Å². The maximum absolute atomic E-state index is 12.7. The number of benzene rings is 4. The van der Waals surface area contributed by atoms with Crippen molar-refractivity contribution >= 4 is 73.0 Å². The normalized spacial score (nSPS) is 13.1. The van der Waals surface area contributed by atoms with Crippen molar-refractivity contribution in [3.05, 3.63) is 116 Å². The van der Waals surface area contributed by atoms with E-state index in [1.807, 2.05) is 30.3 Å². The van der Waals surface area contributed by atoms with E-state index in [-0.39, 0.29) is 9.79 Å². The Hall–Kier alpha value is -3.39. The van der Waals surface area contributed by atoms with Crippen molar-refractivity contribution in [2.45, 2.75) is 22.6 Å². The molecular weight excluding hydrogens is 740 g/mol. The lowest BCUT2D eigenvalue weighted by molar-refractivity contribution is 0.592. The van der Waals surface area contributed by atoms with Crippen LogP contribution in [0.25, 0.3) is 0 Å². The summed E-state index contributed by atoms with van der Waals surface area (Å²) in [7, 11) is -2.20. The fraction of sp³-hybridized carbons (Fsp3) is 0.133. The Morgan fingerprint density at radius 2 is 1.26 bits per heavy atom. The van der Waals surface area contributed by atoms with E-state index in [0.717, 1.165) is 28.7 Å². The molecule has 0 unspecified atom stereocenters. The lowest BCUT2D eigenvalue weighted by atomic mass is 10.2. The molecule has 6 rings (SSSR count). The minimum absolute atomic E-state index is 0.00293. The van der Waals surface area contributed by atoms with Crippen molar-refractivity contribution in [2.24, 2.45) is 0 Å². The molecule has 0 spiro atoms. The quantitative estimate of drug-likeness (QED) is 0.223. The zero-order chi connectivity index (χ0) is 31.2. The van der Waals surface area contributed by atoms with Gasteiger partial charge in [-0.3, -0.25) is 4.31 Å². The predicted octanol–water partition coefficient (Wildman–Crippen LogP) is 6.98. The smallest absolute Gasteiger partial charge is 0.264 e. The van der Waals surface area contributed by atoms with E-state index in [2.05, 4.69) is 55.4 Å². The summed E-state index contributed by atoms with van der Waals surface area (Å²) in [5.74, 6) is 0. The zero-order valence-corrected chi connectivity index (χ0v) is 27.9. The number of rotatable bonds is 3. The summed E-state index contributed by atoms with van der Waals surface area (Å²) >= 11 is 6.83. The second-order valence-corrected chi connectivity index (χ2v) is 15.5. The Morgan fingerprint density at radius 1 is 0.721 bits per heavy atom. The molecule has 2 aliphatic rings. The standard InChI is InChI=1S/C15H11BrN2O2S.C8H8BrN.C7H4ClNO2S/c16-13-3-6-15-12(9-13)7-8-18(15)21(19,20)14-4-1-11(10-17)2-5-14;9-7-1-2-8-6(5-7)3-4-10-8;8-12(10,11)7-3-1-6(5-9)2-4-7/h1-6,9H,7-8H2;1-2,5,10H,3-4H2;1-4H. The van der Waals surface area contributed by atoms with Crippen LogP contribution in [0.1, 0.15) is 22.3 Å². The minimum Gasteiger partial charge on any atom is -0.384 e. The van der Waals surface area contributed by atoms with E-state index in [0.29, 0.717) is 24.1 Å². The molecule has 1 N–H and O–H groups in total. The van der Waals surface area contributed by atoms with Gasteiger partial charge in [0, 0.05) is 38.4 Å². The van der Waals surface area contributed by atoms with Gasteiger partial charge in [0.25, 0.3) is 19.1 Å². The van der Waals surface area contributed by atoms with E-state index in [1.165, 1.54) is 68.6 Å². The minimum atomic E-state index is -3.66. The van der Waals surface area contributed by atoms with E-state index in [4.69, 9.17) is 21.2 Å². The molecule has 0 atom stereocenters. The number of nitriles is 2. The average molecular weight is 763 g/mol. The number of anilines is 2. The lowest BCUT2D eigenvalue weighted by Gasteiger charge is -2.19. The lowest BCUT2D eigenvalue weighted by Crippen LogP contribution is -2.29. The first kappa shape index (κ1) is 32.5. The molecule has 0 amide bonds. The third-order valence-corrected chi connectivity index (χ3v) is 10.7. The van der Waals surface area contributed by atoms with Crippen molar-refractivity contribution in [1.82, 2.24) is 0 Å². The predicted molar refractivity (Wildman–Crippen MR) is 174 cm³/mol. The average Bonchev–Trinajstić information content (AvgIpc) is 3.64. The number of hydrogen-bond donors (Lipinski definition) is 1.